The first-order valence-corrected chi connectivity index (χ1v) is 25.1. The minimum absolute atomic E-state index is 0.572. The van der Waals surface area contributed by atoms with Crippen LogP contribution < -0.4 is 21.3 Å². The minimum atomic E-state index is 0.572. The van der Waals surface area contributed by atoms with Crippen molar-refractivity contribution in [1.29, 1.82) is 0 Å². The van der Waals surface area contributed by atoms with Crippen molar-refractivity contribution in [3.05, 3.63) is 0 Å². The molecule has 0 aromatic rings. The molecule has 0 saturated heterocycles. The van der Waals surface area contributed by atoms with Crippen LogP contribution in [-0.2, 0) is 0 Å². The molecule has 0 heterocycles. The zero-order valence-electron chi connectivity index (χ0n) is 39.0. The van der Waals surface area contributed by atoms with E-state index in [1.54, 1.807) is 19.3 Å². The van der Waals surface area contributed by atoms with E-state index in [2.05, 4.69) is 97.4 Å². The Hall–Kier alpha value is -0.160. The van der Waals surface area contributed by atoms with Crippen molar-refractivity contribution in [2.45, 2.75) is 278 Å². The largest absolute Gasteiger partial charge is 0.312 e. The summed E-state index contributed by atoms with van der Waals surface area (Å²) in [5, 5.41) is 15.0. The molecule has 4 heteroatoms. The zero-order chi connectivity index (χ0) is 39.8. The van der Waals surface area contributed by atoms with Gasteiger partial charge in [-0.25, -0.2) is 0 Å². The van der Waals surface area contributed by atoms with Gasteiger partial charge in [-0.05, 0) is 149 Å². The summed E-state index contributed by atoms with van der Waals surface area (Å²) in [7, 11) is 0. The minimum Gasteiger partial charge on any atom is -0.312 e. The Morgan fingerprint density at radius 1 is 0.473 bits per heavy atom. The third-order valence-corrected chi connectivity index (χ3v) is 16.7. The number of hydrogen-bond acceptors (Lipinski definition) is 4. The Balaban J connectivity index is 0.000000141. The quantitative estimate of drug-likeness (QED) is 0.199. The summed E-state index contributed by atoms with van der Waals surface area (Å²) in [5.74, 6) is 6.06. The molecule has 0 aromatic heterocycles. The van der Waals surface area contributed by atoms with E-state index in [0.29, 0.717) is 35.1 Å². The Labute approximate surface area is 344 Å². The van der Waals surface area contributed by atoms with E-state index in [1.165, 1.54) is 135 Å². The predicted molar refractivity (Wildman–Crippen MR) is 241 cm³/mol. The highest BCUT2D eigenvalue weighted by Gasteiger charge is 2.56. The SMILES string of the molecule is CC(C)NC12CC3CC(CC(C3)C1)C2.CC(C)NC1CCC2(CCCCC2)CC1.CC(C)NC1CCCCCCC1.CC(C)N[C@@H]1CC2C[C@H]([C@H]1C)C2(C)C. The van der Waals surface area contributed by atoms with Crippen molar-refractivity contribution in [1.82, 2.24) is 21.3 Å². The van der Waals surface area contributed by atoms with Gasteiger partial charge in [0, 0.05) is 47.8 Å². The van der Waals surface area contributed by atoms with Gasteiger partial charge in [-0.1, -0.05) is 128 Å². The molecule has 6 bridgehead atoms. The third-order valence-electron chi connectivity index (χ3n) is 16.7. The normalized spacial score (nSPS) is 36.6. The van der Waals surface area contributed by atoms with Gasteiger partial charge in [0.1, 0.15) is 0 Å². The van der Waals surface area contributed by atoms with E-state index in [4.69, 9.17) is 0 Å². The van der Waals surface area contributed by atoms with Crippen LogP contribution in [0.25, 0.3) is 0 Å². The topological polar surface area (TPSA) is 48.1 Å². The maximum absolute atomic E-state index is 3.89. The molecule has 1 spiro atoms. The highest BCUT2D eigenvalue weighted by Crippen LogP contribution is 2.61. The summed E-state index contributed by atoms with van der Waals surface area (Å²) in [6.45, 7) is 25.5. The van der Waals surface area contributed by atoms with E-state index in [0.717, 1.165) is 59.0 Å². The fourth-order valence-electron chi connectivity index (χ4n) is 14.5. The van der Waals surface area contributed by atoms with Gasteiger partial charge in [0.15, 0.2) is 0 Å². The number of nitrogens with one attached hydrogen (secondary N) is 4. The lowest BCUT2D eigenvalue weighted by Crippen LogP contribution is -2.60. The molecule has 10 aliphatic rings. The lowest BCUT2D eigenvalue weighted by Gasteiger charge is -2.62. The molecule has 4 atom stereocenters. The molecule has 10 rings (SSSR count). The lowest BCUT2D eigenvalue weighted by atomic mass is 9.44. The summed E-state index contributed by atoms with van der Waals surface area (Å²) in [5.41, 5.74) is 1.99. The van der Waals surface area contributed by atoms with Gasteiger partial charge in [-0.3, -0.25) is 0 Å². The molecule has 0 amide bonds. The molecule has 10 fully saturated rings. The molecular formula is C51H98N4. The molecule has 10 aliphatic carbocycles. The van der Waals surface area contributed by atoms with Crippen LogP contribution in [0.2, 0.25) is 0 Å². The average molecular weight is 767 g/mol. The van der Waals surface area contributed by atoms with Crippen LogP contribution in [0.3, 0.4) is 0 Å². The fourth-order valence-corrected chi connectivity index (χ4v) is 14.5. The first kappa shape index (κ1) is 45.9. The molecule has 0 radical (unpaired) electrons. The first-order valence-electron chi connectivity index (χ1n) is 25.1. The van der Waals surface area contributed by atoms with Crippen LogP contribution >= 0.6 is 0 Å². The molecule has 0 aliphatic heterocycles. The van der Waals surface area contributed by atoms with Gasteiger partial charge in [-0.15, -0.1) is 0 Å². The van der Waals surface area contributed by atoms with Crippen molar-refractivity contribution >= 4 is 0 Å². The second-order valence-electron chi connectivity index (χ2n) is 23.4. The van der Waals surface area contributed by atoms with Crippen LogP contribution in [-0.4, -0.2) is 47.8 Å². The third kappa shape index (κ3) is 13.4. The molecule has 1 unspecified atom stereocenters. The molecular weight excluding hydrogens is 669 g/mol. The maximum atomic E-state index is 3.89. The molecule has 0 aromatic carbocycles. The summed E-state index contributed by atoms with van der Waals surface area (Å²) in [4.78, 5) is 0. The van der Waals surface area contributed by atoms with E-state index < -0.39 is 0 Å². The van der Waals surface area contributed by atoms with Crippen LogP contribution in [0.4, 0.5) is 0 Å². The van der Waals surface area contributed by atoms with Gasteiger partial charge in [0.05, 0.1) is 0 Å². The fraction of sp³-hybridized carbons (Fsp3) is 1.00. The van der Waals surface area contributed by atoms with Gasteiger partial charge in [-0.2, -0.15) is 0 Å². The first-order chi connectivity index (χ1) is 26.1. The smallest absolute Gasteiger partial charge is 0.0191 e. The van der Waals surface area contributed by atoms with E-state index in [9.17, 15) is 0 Å². The lowest BCUT2D eigenvalue weighted by molar-refractivity contribution is -0.116. The monoisotopic (exact) mass is 767 g/mol. The van der Waals surface area contributed by atoms with Crippen molar-refractivity contribution in [3.63, 3.8) is 0 Å². The van der Waals surface area contributed by atoms with E-state index in [-0.39, 0.29) is 0 Å². The van der Waals surface area contributed by atoms with Crippen LogP contribution in [0.15, 0.2) is 0 Å². The molecule has 4 N–H and O–H groups in total. The average Bonchev–Trinajstić information content (AvgIpc) is 3.07. The predicted octanol–water partition coefficient (Wildman–Crippen LogP) is 13.0. The Kier molecular flexibility index (Phi) is 17.4. The second-order valence-corrected chi connectivity index (χ2v) is 23.4. The van der Waals surface area contributed by atoms with Crippen molar-refractivity contribution in [2.24, 2.45) is 46.3 Å². The van der Waals surface area contributed by atoms with Crippen molar-refractivity contribution < 1.29 is 0 Å². The Morgan fingerprint density at radius 3 is 1.36 bits per heavy atom. The van der Waals surface area contributed by atoms with E-state index >= 15 is 0 Å². The van der Waals surface area contributed by atoms with Gasteiger partial charge < -0.3 is 21.3 Å². The summed E-state index contributed by atoms with van der Waals surface area (Å²) in [6.07, 6.45) is 35.5. The second kappa shape index (κ2) is 20.9. The van der Waals surface area contributed by atoms with Crippen LogP contribution in [0.1, 0.15) is 230 Å². The van der Waals surface area contributed by atoms with Gasteiger partial charge in [0.2, 0.25) is 0 Å². The number of hydrogen-bond donors (Lipinski definition) is 4. The highest BCUT2D eigenvalue weighted by atomic mass is 15.0. The standard InChI is InChI=1S/C14H27N.C13H23N.C13H25N.C11H23N/c1-12(2)15-13-6-10-14(11-7-13)8-4-3-5-9-14;1-9(2)14-13-6-10-3-11(7-13)5-12(4-10)8-13;1-8(2)14-12-7-10-6-11(9(12)3)13(10,4)5;1-10(2)12-11-8-6-4-3-5-7-9-11/h12-13,15H,3-11H2,1-2H3;9-12,14H,3-8H2,1-2H3;8-12,14H,6-7H2,1-5H3;10-12H,3-9H2,1-2H3/t;;9-,10?,11-,12-;/m..1./s1. The van der Waals surface area contributed by atoms with Crippen LogP contribution in [0.5, 0.6) is 0 Å². The summed E-state index contributed by atoms with van der Waals surface area (Å²) < 4.78 is 0. The van der Waals surface area contributed by atoms with Gasteiger partial charge in [0.25, 0.3) is 0 Å². The van der Waals surface area contributed by atoms with Crippen molar-refractivity contribution in [3.8, 4) is 0 Å². The van der Waals surface area contributed by atoms with Gasteiger partial charge >= 0.3 is 0 Å². The zero-order valence-corrected chi connectivity index (χ0v) is 39.0. The summed E-state index contributed by atoms with van der Waals surface area (Å²) >= 11 is 0. The van der Waals surface area contributed by atoms with Crippen LogP contribution in [0, 0.1) is 46.3 Å². The molecule has 322 valence electrons. The Bertz CT molecular complexity index is 1030. The maximum Gasteiger partial charge on any atom is 0.0191 e. The Morgan fingerprint density at radius 2 is 0.927 bits per heavy atom. The van der Waals surface area contributed by atoms with Crippen molar-refractivity contribution in [2.75, 3.05) is 0 Å². The number of rotatable bonds is 8. The molecule has 10 saturated carbocycles. The number of fused-ring (bicyclic) bond motifs is 2. The molecule has 4 nitrogen and oxygen atoms in total. The summed E-state index contributed by atoms with van der Waals surface area (Å²) in [6, 6.07) is 5.05. The highest BCUT2D eigenvalue weighted by molar-refractivity contribution is 5.08. The molecule has 55 heavy (non-hydrogen) atoms. The van der Waals surface area contributed by atoms with E-state index in [1.807, 2.05) is 0 Å².